The van der Waals surface area contributed by atoms with Gasteiger partial charge in [-0.3, -0.25) is 4.79 Å². The summed E-state index contributed by atoms with van der Waals surface area (Å²) in [6.45, 7) is 0. The van der Waals surface area contributed by atoms with E-state index in [4.69, 9.17) is 21.1 Å². The van der Waals surface area contributed by atoms with Crippen molar-refractivity contribution < 1.29 is 14.3 Å². The molecule has 0 aliphatic rings. The number of pyridine rings is 1. The SMILES string of the molecule is O=C(O)Cc1nc2c(Cl)nccc2o1. The molecule has 72 valence electrons. The Morgan fingerprint density at radius 1 is 1.64 bits per heavy atom. The Labute approximate surface area is 83.3 Å². The van der Waals surface area contributed by atoms with Crippen LogP contribution in [0.5, 0.6) is 0 Å². The molecule has 0 aromatic carbocycles. The van der Waals surface area contributed by atoms with E-state index < -0.39 is 5.97 Å². The van der Waals surface area contributed by atoms with Crippen LogP contribution in [0.2, 0.25) is 5.15 Å². The minimum Gasteiger partial charge on any atom is -0.481 e. The van der Waals surface area contributed by atoms with Crippen LogP contribution in [0, 0.1) is 0 Å². The fourth-order valence-corrected chi connectivity index (χ4v) is 1.27. The number of hydrogen-bond acceptors (Lipinski definition) is 4. The van der Waals surface area contributed by atoms with Crippen molar-refractivity contribution in [3.8, 4) is 0 Å². The fourth-order valence-electron chi connectivity index (χ4n) is 1.08. The molecule has 0 radical (unpaired) electrons. The number of rotatable bonds is 2. The van der Waals surface area contributed by atoms with Crippen LogP contribution in [0.25, 0.3) is 11.1 Å². The number of aliphatic carboxylic acids is 1. The third-order valence-corrected chi connectivity index (χ3v) is 1.89. The molecule has 0 amide bonds. The van der Waals surface area contributed by atoms with Crippen molar-refractivity contribution in [2.24, 2.45) is 0 Å². The summed E-state index contributed by atoms with van der Waals surface area (Å²) in [7, 11) is 0. The van der Waals surface area contributed by atoms with Gasteiger partial charge in [-0.1, -0.05) is 11.6 Å². The average Bonchev–Trinajstić information content (AvgIpc) is 2.47. The summed E-state index contributed by atoms with van der Waals surface area (Å²) in [5.74, 6) is -0.872. The second kappa shape index (κ2) is 3.26. The van der Waals surface area contributed by atoms with Crippen LogP contribution >= 0.6 is 11.6 Å². The maximum Gasteiger partial charge on any atom is 0.312 e. The van der Waals surface area contributed by atoms with Gasteiger partial charge < -0.3 is 9.52 Å². The first-order valence-electron chi connectivity index (χ1n) is 3.78. The van der Waals surface area contributed by atoms with E-state index in [9.17, 15) is 4.79 Å². The number of oxazole rings is 1. The van der Waals surface area contributed by atoms with E-state index in [1.165, 1.54) is 6.20 Å². The zero-order valence-corrected chi connectivity index (χ0v) is 7.65. The molecule has 0 bridgehead atoms. The maximum atomic E-state index is 10.4. The molecule has 1 N–H and O–H groups in total. The van der Waals surface area contributed by atoms with Crippen molar-refractivity contribution in [1.29, 1.82) is 0 Å². The molecule has 2 heterocycles. The zero-order valence-electron chi connectivity index (χ0n) is 6.90. The summed E-state index contributed by atoms with van der Waals surface area (Å²) < 4.78 is 5.14. The standard InChI is InChI=1S/C8H5ClN2O3/c9-8-7-4(1-2-10-8)14-5(11-7)3-6(12)13/h1-2H,3H2,(H,12,13). The van der Waals surface area contributed by atoms with Crippen molar-refractivity contribution in [2.45, 2.75) is 6.42 Å². The Morgan fingerprint density at radius 3 is 3.07 bits per heavy atom. The van der Waals surface area contributed by atoms with Crippen LogP contribution in [-0.4, -0.2) is 21.0 Å². The smallest absolute Gasteiger partial charge is 0.312 e. The van der Waals surface area contributed by atoms with Crippen molar-refractivity contribution in [3.05, 3.63) is 23.3 Å². The molecule has 0 spiro atoms. The molecule has 0 aliphatic heterocycles. The lowest BCUT2D eigenvalue weighted by atomic mass is 10.4. The van der Waals surface area contributed by atoms with Crippen LogP contribution < -0.4 is 0 Å². The predicted octanol–water partition coefficient (Wildman–Crippen LogP) is 1.50. The van der Waals surface area contributed by atoms with Crippen molar-refractivity contribution in [2.75, 3.05) is 0 Å². The Morgan fingerprint density at radius 2 is 2.43 bits per heavy atom. The number of fused-ring (bicyclic) bond motifs is 1. The minimum atomic E-state index is -0.999. The van der Waals surface area contributed by atoms with Crippen LogP contribution in [0.3, 0.4) is 0 Å². The fraction of sp³-hybridized carbons (Fsp3) is 0.125. The van der Waals surface area contributed by atoms with Crippen LogP contribution in [-0.2, 0) is 11.2 Å². The highest BCUT2D eigenvalue weighted by Crippen LogP contribution is 2.21. The third-order valence-electron chi connectivity index (χ3n) is 1.61. The lowest BCUT2D eigenvalue weighted by molar-refractivity contribution is -0.136. The van der Waals surface area contributed by atoms with Crippen LogP contribution in [0.4, 0.5) is 0 Å². The van der Waals surface area contributed by atoms with Gasteiger partial charge in [0.2, 0.25) is 5.89 Å². The van der Waals surface area contributed by atoms with Crippen LogP contribution in [0.15, 0.2) is 16.7 Å². The number of carbonyl (C=O) groups is 1. The molecule has 0 unspecified atom stereocenters. The largest absolute Gasteiger partial charge is 0.481 e. The van der Waals surface area contributed by atoms with E-state index in [-0.39, 0.29) is 17.5 Å². The monoisotopic (exact) mass is 212 g/mol. The molecular formula is C8H5ClN2O3. The number of aromatic nitrogens is 2. The van der Waals surface area contributed by atoms with Gasteiger partial charge in [-0.25, -0.2) is 9.97 Å². The predicted molar refractivity (Wildman–Crippen MR) is 48.2 cm³/mol. The van der Waals surface area contributed by atoms with E-state index in [1.807, 2.05) is 0 Å². The normalized spacial score (nSPS) is 10.6. The minimum absolute atomic E-state index is 0.127. The first-order valence-corrected chi connectivity index (χ1v) is 4.16. The van der Waals surface area contributed by atoms with Gasteiger partial charge in [0.05, 0.1) is 0 Å². The highest BCUT2D eigenvalue weighted by atomic mass is 35.5. The Hall–Kier alpha value is -1.62. The molecule has 2 aromatic heterocycles. The molecule has 2 aromatic rings. The lowest BCUT2D eigenvalue weighted by Gasteiger charge is -1.85. The number of hydrogen-bond donors (Lipinski definition) is 1. The molecule has 2 rings (SSSR count). The van der Waals surface area contributed by atoms with Gasteiger partial charge >= 0.3 is 5.97 Å². The van der Waals surface area contributed by atoms with Gasteiger partial charge in [-0.15, -0.1) is 0 Å². The van der Waals surface area contributed by atoms with E-state index >= 15 is 0 Å². The Balaban J connectivity index is 2.51. The number of halogens is 1. The summed E-state index contributed by atoms with van der Waals surface area (Å²) in [6, 6.07) is 1.58. The molecule has 6 heteroatoms. The summed E-state index contributed by atoms with van der Waals surface area (Å²) in [4.78, 5) is 18.1. The summed E-state index contributed by atoms with van der Waals surface area (Å²) in [5.41, 5.74) is 0.840. The van der Waals surface area contributed by atoms with Gasteiger partial charge in [0, 0.05) is 12.3 Å². The Bertz CT molecular complexity index is 494. The molecule has 0 atom stereocenters. The lowest BCUT2D eigenvalue weighted by Crippen LogP contribution is -1.99. The van der Waals surface area contributed by atoms with Crippen molar-refractivity contribution >= 4 is 28.7 Å². The number of nitrogens with zero attached hydrogens (tertiary/aromatic N) is 2. The summed E-state index contributed by atoms with van der Waals surface area (Å²) >= 11 is 5.73. The molecule has 0 saturated carbocycles. The van der Waals surface area contributed by atoms with E-state index in [2.05, 4.69) is 9.97 Å². The highest BCUT2D eigenvalue weighted by molar-refractivity contribution is 6.33. The van der Waals surface area contributed by atoms with E-state index in [0.717, 1.165) is 0 Å². The van der Waals surface area contributed by atoms with Gasteiger partial charge in [-0.05, 0) is 0 Å². The van der Waals surface area contributed by atoms with Gasteiger partial charge in [0.25, 0.3) is 0 Å². The molecular weight excluding hydrogens is 208 g/mol. The highest BCUT2D eigenvalue weighted by Gasteiger charge is 2.11. The number of carboxylic acids is 1. The van der Waals surface area contributed by atoms with Gasteiger partial charge in [-0.2, -0.15) is 0 Å². The quantitative estimate of drug-likeness (QED) is 0.764. The second-order valence-electron chi connectivity index (χ2n) is 2.63. The van der Waals surface area contributed by atoms with Gasteiger partial charge in [0.15, 0.2) is 10.7 Å². The zero-order chi connectivity index (χ0) is 10.1. The second-order valence-corrected chi connectivity index (χ2v) is 2.98. The topological polar surface area (TPSA) is 76.2 Å². The van der Waals surface area contributed by atoms with Gasteiger partial charge in [0.1, 0.15) is 11.9 Å². The molecule has 0 aliphatic carbocycles. The average molecular weight is 213 g/mol. The maximum absolute atomic E-state index is 10.4. The Kier molecular flexibility index (Phi) is 2.09. The first-order chi connectivity index (χ1) is 6.66. The first kappa shape index (κ1) is 8.96. The summed E-state index contributed by atoms with van der Waals surface area (Å²) in [6.07, 6.45) is 1.21. The van der Waals surface area contributed by atoms with E-state index in [0.29, 0.717) is 11.1 Å². The number of carboxylic acid groups (broad SMARTS) is 1. The molecule has 5 nitrogen and oxygen atoms in total. The molecule has 0 saturated heterocycles. The summed E-state index contributed by atoms with van der Waals surface area (Å²) in [5, 5.41) is 8.72. The van der Waals surface area contributed by atoms with Crippen molar-refractivity contribution in [3.63, 3.8) is 0 Å². The molecule has 14 heavy (non-hydrogen) atoms. The molecule has 0 fully saturated rings. The van der Waals surface area contributed by atoms with E-state index in [1.54, 1.807) is 6.07 Å². The van der Waals surface area contributed by atoms with Crippen molar-refractivity contribution in [1.82, 2.24) is 9.97 Å². The third kappa shape index (κ3) is 1.54. The van der Waals surface area contributed by atoms with Crippen LogP contribution in [0.1, 0.15) is 5.89 Å².